The second kappa shape index (κ2) is 4.17. The van der Waals surface area contributed by atoms with Crippen LogP contribution in [0.15, 0.2) is 0 Å². The van der Waals surface area contributed by atoms with Crippen LogP contribution < -0.4 is 0 Å². The van der Waals surface area contributed by atoms with Gasteiger partial charge in [-0.15, -0.1) is 0 Å². The highest BCUT2D eigenvalue weighted by atomic mass is 32.2. The third-order valence-electron chi connectivity index (χ3n) is 4.75. The number of sulfonamides is 1. The van der Waals surface area contributed by atoms with Gasteiger partial charge in [-0.3, -0.25) is 4.79 Å². The number of carbonyl (C=O) groups is 1. The molecule has 0 aromatic heterocycles. The number of carboxylic acid groups (broad SMARTS) is 1. The van der Waals surface area contributed by atoms with Crippen LogP contribution in [0.5, 0.6) is 0 Å². The zero-order valence-corrected chi connectivity index (χ0v) is 11.5. The molecule has 108 valence electrons. The number of carboxylic acids is 1. The van der Waals surface area contributed by atoms with E-state index in [1.807, 2.05) is 0 Å². The standard InChI is InChI=1S/C12H19NO5S/c14-11(15)9-2-1-3-10(9)19(17,18)13-6-12(16,7-13)8-4-5-8/h8-10,16H,1-7H2,(H,14,15). The van der Waals surface area contributed by atoms with Gasteiger partial charge in [0.2, 0.25) is 10.0 Å². The van der Waals surface area contributed by atoms with E-state index in [9.17, 15) is 18.3 Å². The molecule has 2 N–H and O–H groups in total. The molecule has 1 aliphatic heterocycles. The lowest BCUT2D eigenvalue weighted by Crippen LogP contribution is -2.66. The maximum Gasteiger partial charge on any atom is 0.307 e. The highest BCUT2D eigenvalue weighted by Gasteiger charge is 2.57. The molecular formula is C12H19NO5S. The summed E-state index contributed by atoms with van der Waals surface area (Å²) in [4.78, 5) is 11.1. The van der Waals surface area contributed by atoms with Crippen LogP contribution in [0.1, 0.15) is 32.1 Å². The molecule has 2 unspecified atom stereocenters. The summed E-state index contributed by atoms with van der Waals surface area (Å²) in [7, 11) is -3.58. The molecule has 0 aromatic carbocycles. The fourth-order valence-corrected chi connectivity index (χ4v) is 5.70. The second-order valence-electron chi connectivity index (χ2n) is 6.10. The van der Waals surface area contributed by atoms with Gasteiger partial charge in [0, 0.05) is 13.1 Å². The highest BCUT2D eigenvalue weighted by Crippen LogP contribution is 2.46. The zero-order valence-electron chi connectivity index (χ0n) is 10.7. The third-order valence-corrected chi connectivity index (χ3v) is 7.06. The summed E-state index contributed by atoms with van der Waals surface area (Å²) in [6, 6.07) is 0. The molecule has 2 atom stereocenters. The Hall–Kier alpha value is -0.660. The van der Waals surface area contributed by atoms with Crippen molar-refractivity contribution in [3.05, 3.63) is 0 Å². The average molecular weight is 289 g/mol. The second-order valence-corrected chi connectivity index (χ2v) is 8.26. The van der Waals surface area contributed by atoms with E-state index in [0.717, 1.165) is 12.8 Å². The predicted octanol–water partition coefficient (Wildman–Crippen LogP) is 0.0262. The minimum atomic E-state index is -3.58. The lowest BCUT2D eigenvalue weighted by Gasteiger charge is -2.47. The van der Waals surface area contributed by atoms with Gasteiger partial charge >= 0.3 is 5.97 Å². The van der Waals surface area contributed by atoms with Crippen LogP contribution in [0.25, 0.3) is 0 Å². The van der Waals surface area contributed by atoms with E-state index in [0.29, 0.717) is 19.3 Å². The SMILES string of the molecule is O=C(O)C1CCCC1S(=O)(=O)N1CC(O)(C2CC2)C1. The number of aliphatic hydroxyl groups is 1. The fraction of sp³-hybridized carbons (Fsp3) is 0.917. The monoisotopic (exact) mass is 289 g/mol. The quantitative estimate of drug-likeness (QED) is 0.761. The number of hydrogen-bond donors (Lipinski definition) is 2. The molecule has 2 aliphatic carbocycles. The third kappa shape index (κ3) is 2.08. The molecule has 0 amide bonds. The lowest BCUT2D eigenvalue weighted by atomic mass is 9.91. The smallest absolute Gasteiger partial charge is 0.307 e. The Kier molecular flexibility index (Phi) is 2.92. The van der Waals surface area contributed by atoms with Crippen LogP contribution in [0, 0.1) is 11.8 Å². The summed E-state index contributed by atoms with van der Waals surface area (Å²) >= 11 is 0. The molecule has 1 saturated heterocycles. The molecule has 0 aromatic rings. The molecule has 2 saturated carbocycles. The van der Waals surface area contributed by atoms with Crippen LogP contribution in [-0.2, 0) is 14.8 Å². The van der Waals surface area contributed by atoms with Gasteiger partial charge in [0.1, 0.15) is 0 Å². The zero-order chi connectivity index (χ0) is 13.8. The molecule has 6 nitrogen and oxygen atoms in total. The van der Waals surface area contributed by atoms with Gasteiger partial charge in [0.05, 0.1) is 16.8 Å². The molecule has 0 spiro atoms. The van der Waals surface area contributed by atoms with Gasteiger partial charge in [-0.2, -0.15) is 4.31 Å². The summed E-state index contributed by atoms with van der Waals surface area (Å²) in [5, 5.41) is 18.5. The predicted molar refractivity (Wildman–Crippen MR) is 66.9 cm³/mol. The van der Waals surface area contributed by atoms with E-state index in [4.69, 9.17) is 5.11 Å². The first-order valence-electron chi connectivity index (χ1n) is 6.79. The summed E-state index contributed by atoms with van der Waals surface area (Å²) in [5.41, 5.74) is -0.857. The maximum atomic E-state index is 12.4. The van der Waals surface area contributed by atoms with Crippen LogP contribution in [0.3, 0.4) is 0 Å². The van der Waals surface area contributed by atoms with Crippen molar-refractivity contribution in [3.63, 3.8) is 0 Å². The van der Waals surface area contributed by atoms with Crippen molar-refractivity contribution >= 4 is 16.0 Å². The van der Waals surface area contributed by atoms with Gasteiger partial charge < -0.3 is 10.2 Å². The number of β-amino-alcohol motifs (C(OH)–C–C–N with tert-alkyl or cyclic N) is 1. The van der Waals surface area contributed by atoms with Gasteiger partial charge in [0.15, 0.2) is 0 Å². The first-order chi connectivity index (χ1) is 8.84. The molecule has 3 rings (SSSR count). The number of hydrogen-bond acceptors (Lipinski definition) is 4. The Morgan fingerprint density at radius 3 is 2.32 bits per heavy atom. The van der Waals surface area contributed by atoms with Gasteiger partial charge in [0.25, 0.3) is 0 Å². The molecule has 0 radical (unpaired) electrons. The van der Waals surface area contributed by atoms with Crippen molar-refractivity contribution in [2.24, 2.45) is 11.8 Å². The number of nitrogens with zero attached hydrogens (tertiary/aromatic N) is 1. The van der Waals surface area contributed by atoms with Crippen LogP contribution >= 0.6 is 0 Å². The summed E-state index contributed by atoms with van der Waals surface area (Å²) in [6.45, 7) is 0.283. The summed E-state index contributed by atoms with van der Waals surface area (Å²) < 4.78 is 26.1. The van der Waals surface area contributed by atoms with E-state index in [-0.39, 0.29) is 19.0 Å². The highest BCUT2D eigenvalue weighted by molar-refractivity contribution is 7.89. The Bertz CT molecular complexity index is 492. The van der Waals surface area contributed by atoms with Crippen molar-refractivity contribution in [2.45, 2.75) is 43.0 Å². The van der Waals surface area contributed by atoms with Crippen molar-refractivity contribution in [3.8, 4) is 0 Å². The van der Waals surface area contributed by atoms with Crippen molar-refractivity contribution in [1.29, 1.82) is 0 Å². The fourth-order valence-electron chi connectivity index (χ4n) is 3.38. The van der Waals surface area contributed by atoms with Crippen molar-refractivity contribution in [1.82, 2.24) is 4.31 Å². The Balaban J connectivity index is 1.72. The van der Waals surface area contributed by atoms with Gasteiger partial charge in [-0.1, -0.05) is 6.42 Å². The largest absolute Gasteiger partial charge is 0.481 e. The van der Waals surface area contributed by atoms with Crippen LogP contribution in [0.2, 0.25) is 0 Å². The Morgan fingerprint density at radius 1 is 1.16 bits per heavy atom. The minimum absolute atomic E-state index is 0.142. The first-order valence-corrected chi connectivity index (χ1v) is 8.29. The average Bonchev–Trinajstić information content (AvgIpc) is 3.01. The summed E-state index contributed by atoms with van der Waals surface area (Å²) in [5.74, 6) is -1.58. The normalized spacial score (nSPS) is 35.0. The molecule has 0 bridgehead atoms. The van der Waals surface area contributed by atoms with E-state index in [2.05, 4.69) is 0 Å². The van der Waals surface area contributed by atoms with Gasteiger partial charge in [-0.05, 0) is 31.6 Å². The molecule has 1 heterocycles. The first kappa shape index (κ1) is 13.3. The number of rotatable bonds is 4. The van der Waals surface area contributed by atoms with Crippen molar-refractivity contribution < 1.29 is 23.4 Å². The summed E-state index contributed by atoms with van der Waals surface area (Å²) in [6.07, 6.45) is 3.41. The van der Waals surface area contributed by atoms with E-state index in [1.54, 1.807) is 0 Å². The molecule has 7 heteroatoms. The van der Waals surface area contributed by atoms with E-state index in [1.165, 1.54) is 4.31 Å². The topological polar surface area (TPSA) is 94.9 Å². The van der Waals surface area contributed by atoms with Crippen LogP contribution in [0.4, 0.5) is 0 Å². The Morgan fingerprint density at radius 2 is 1.79 bits per heavy atom. The molecule has 3 fully saturated rings. The van der Waals surface area contributed by atoms with Crippen LogP contribution in [-0.4, -0.2) is 52.8 Å². The van der Waals surface area contributed by atoms with Crippen molar-refractivity contribution in [2.75, 3.05) is 13.1 Å². The number of aliphatic carboxylic acids is 1. The lowest BCUT2D eigenvalue weighted by molar-refractivity contribution is -0.141. The van der Waals surface area contributed by atoms with Gasteiger partial charge in [-0.25, -0.2) is 8.42 Å². The molecule has 3 aliphatic rings. The molecular weight excluding hydrogens is 270 g/mol. The minimum Gasteiger partial charge on any atom is -0.481 e. The van der Waals surface area contributed by atoms with E-state index >= 15 is 0 Å². The molecule has 19 heavy (non-hydrogen) atoms. The maximum absolute atomic E-state index is 12.4. The Labute approximate surface area is 112 Å². The van der Waals surface area contributed by atoms with E-state index < -0.39 is 32.8 Å².